The van der Waals surface area contributed by atoms with Gasteiger partial charge in [0.2, 0.25) is 0 Å². The van der Waals surface area contributed by atoms with Crippen LogP contribution in [-0.4, -0.2) is 21.1 Å². The van der Waals surface area contributed by atoms with Gasteiger partial charge >= 0.3 is 0 Å². The molecular formula is C17H14FN5S. The van der Waals surface area contributed by atoms with E-state index in [-0.39, 0.29) is 10.9 Å². The van der Waals surface area contributed by atoms with Crippen molar-refractivity contribution in [3.63, 3.8) is 0 Å². The lowest BCUT2D eigenvalue weighted by Crippen LogP contribution is -2.24. The first-order chi connectivity index (χ1) is 11.6. The van der Waals surface area contributed by atoms with Crippen LogP contribution in [0.15, 0.2) is 65.9 Å². The Labute approximate surface area is 143 Å². The van der Waals surface area contributed by atoms with Crippen LogP contribution in [0.2, 0.25) is 0 Å². The molecule has 0 fully saturated rings. The molecule has 0 aliphatic rings. The number of rotatable bonds is 4. The zero-order valence-corrected chi connectivity index (χ0v) is 13.4. The van der Waals surface area contributed by atoms with Crippen LogP contribution in [0.4, 0.5) is 4.39 Å². The molecule has 120 valence electrons. The Hall–Kier alpha value is -3.06. The standard InChI is InChI=1S/C17H14FN5S/c18-14-8-6-12(7-9-14)16-13(10-20-21-17(19)24)11-23(22-16)15-4-2-1-3-5-15/h1-11H,(H3,19,21,24)/b20-10+. The minimum absolute atomic E-state index is 0.0741. The number of halogens is 1. The Morgan fingerprint density at radius 3 is 2.54 bits per heavy atom. The highest BCUT2D eigenvalue weighted by molar-refractivity contribution is 7.80. The van der Waals surface area contributed by atoms with E-state index in [0.29, 0.717) is 5.69 Å². The predicted octanol–water partition coefficient (Wildman–Crippen LogP) is 2.85. The van der Waals surface area contributed by atoms with E-state index in [9.17, 15) is 4.39 Å². The average molecular weight is 339 g/mol. The van der Waals surface area contributed by atoms with E-state index >= 15 is 0 Å². The zero-order chi connectivity index (χ0) is 16.9. The summed E-state index contributed by atoms with van der Waals surface area (Å²) in [5.74, 6) is -0.299. The lowest BCUT2D eigenvalue weighted by molar-refractivity contribution is 0.628. The summed E-state index contributed by atoms with van der Waals surface area (Å²) in [7, 11) is 0. The summed E-state index contributed by atoms with van der Waals surface area (Å²) in [5.41, 5.74) is 11.0. The molecule has 0 aliphatic heterocycles. The Balaban J connectivity index is 2.04. The van der Waals surface area contributed by atoms with Gasteiger partial charge in [-0.25, -0.2) is 9.07 Å². The fraction of sp³-hybridized carbons (Fsp3) is 0. The maximum absolute atomic E-state index is 13.2. The molecule has 2 aromatic carbocycles. The monoisotopic (exact) mass is 339 g/mol. The van der Waals surface area contributed by atoms with Crippen molar-refractivity contribution in [2.75, 3.05) is 0 Å². The number of hydrazone groups is 1. The van der Waals surface area contributed by atoms with Crippen molar-refractivity contribution >= 4 is 23.5 Å². The first-order valence-corrected chi connectivity index (χ1v) is 7.54. The van der Waals surface area contributed by atoms with Gasteiger partial charge in [0.25, 0.3) is 0 Å². The van der Waals surface area contributed by atoms with Crippen LogP contribution in [0, 0.1) is 5.82 Å². The smallest absolute Gasteiger partial charge is 0.184 e. The highest BCUT2D eigenvalue weighted by Crippen LogP contribution is 2.23. The molecule has 0 unspecified atom stereocenters. The van der Waals surface area contributed by atoms with Crippen molar-refractivity contribution in [1.82, 2.24) is 15.2 Å². The van der Waals surface area contributed by atoms with E-state index in [2.05, 4.69) is 15.6 Å². The number of nitrogens with zero attached hydrogens (tertiary/aromatic N) is 3. The minimum atomic E-state index is -0.299. The fourth-order valence-electron chi connectivity index (χ4n) is 2.19. The normalized spacial score (nSPS) is 10.9. The number of nitrogens with two attached hydrogens (primary N) is 1. The van der Waals surface area contributed by atoms with E-state index in [1.54, 1.807) is 23.0 Å². The van der Waals surface area contributed by atoms with Gasteiger partial charge in [0.05, 0.1) is 11.9 Å². The van der Waals surface area contributed by atoms with Crippen molar-refractivity contribution in [3.8, 4) is 16.9 Å². The van der Waals surface area contributed by atoms with Crippen LogP contribution in [0.25, 0.3) is 16.9 Å². The summed E-state index contributed by atoms with van der Waals surface area (Å²) in [6.07, 6.45) is 3.41. The molecule has 0 atom stereocenters. The number of hydrogen-bond donors (Lipinski definition) is 2. The molecule has 0 spiro atoms. The molecule has 3 N–H and O–H groups in total. The van der Waals surface area contributed by atoms with Gasteiger partial charge in [-0.2, -0.15) is 10.2 Å². The summed E-state index contributed by atoms with van der Waals surface area (Å²) in [4.78, 5) is 0. The molecular weight excluding hydrogens is 325 g/mol. The first-order valence-electron chi connectivity index (χ1n) is 7.13. The molecule has 0 bridgehead atoms. The van der Waals surface area contributed by atoms with Gasteiger partial charge in [-0.15, -0.1) is 0 Å². The van der Waals surface area contributed by atoms with E-state index in [1.807, 2.05) is 36.5 Å². The van der Waals surface area contributed by atoms with Gasteiger partial charge in [-0.1, -0.05) is 18.2 Å². The summed E-state index contributed by atoms with van der Waals surface area (Å²) < 4.78 is 14.9. The largest absolute Gasteiger partial charge is 0.375 e. The number of para-hydroxylation sites is 1. The van der Waals surface area contributed by atoms with E-state index in [4.69, 9.17) is 18.0 Å². The molecule has 0 saturated heterocycles. The number of nitrogens with one attached hydrogen (secondary N) is 1. The maximum Gasteiger partial charge on any atom is 0.184 e. The van der Waals surface area contributed by atoms with Crippen LogP contribution in [0.5, 0.6) is 0 Å². The Bertz CT molecular complexity index is 872. The Kier molecular flexibility index (Phi) is 4.62. The molecule has 0 saturated carbocycles. The summed E-state index contributed by atoms with van der Waals surface area (Å²) in [6, 6.07) is 15.8. The summed E-state index contributed by atoms with van der Waals surface area (Å²) in [5, 5.41) is 8.65. The molecule has 5 nitrogen and oxygen atoms in total. The van der Waals surface area contributed by atoms with Crippen LogP contribution >= 0.6 is 12.2 Å². The number of thiocarbonyl (C=S) groups is 1. The molecule has 24 heavy (non-hydrogen) atoms. The van der Waals surface area contributed by atoms with E-state index in [1.165, 1.54) is 12.1 Å². The molecule has 3 rings (SSSR count). The topological polar surface area (TPSA) is 68.2 Å². The number of aromatic nitrogens is 2. The van der Waals surface area contributed by atoms with Crippen LogP contribution < -0.4 is 11.2 Å². The molecule has 1 heterocycles. The molecule has 1 aromatic heterocycles. The predicted molar refractivity (Wildman–Crippen MR) is 96.5 cm³/mol. The summed E-state index contributed by atoms with van der Waals surface area (Å²) in [6.45, 7) is 0. The van der Waals surface area contributed by atoms with Gasteiger partial charge < -0.3 is 5.73 Å². The zero-order valence-electron chi connectivity index (χ0n) is 12.6. The fourth-order valence-corrected chi connectivity index (χ4v) is 2.24. The van der Waals surface area contributed by atoms with E-state index in [0.717, 1.165) is 16.8 Å². The van der Waals surface area contributed by atoms with Crippen LogP contribution in [-0.2, 0) is 0 Å². The van der Waals surface area contributed by atoms with Crippen molar-refractivity contribution in [1.29, 1.82) is 0 Å². The maximum atomic E-state index is 13.2. The number of hydrogen-bond acceptors (Lipinski definition) is 3. The van der Waals surface area contributed by atoms with Gasteiger partial charge in [0.1, 0.15) is 11.5 Å². The SMILES string of the molecule is NC(=S)N/N=C/c1cn(-c2ccccc2)nc1-c1ccc(F)cc1. The second-order valence-electron chi connectivity index (χ2n) is 4.95. The van der Waals surface area contributed by atoms with Gasteiger partial charge in [-0.3, -0.25) is 5.43 Å². The highest BCUT2D eigenvalue weighted by Gasteiger charge is 2.11. The van der Waals surface area contributed by atoms with Gasteiger partial charge in [0, 0.05) is 17.3 Å². The minimum Gasteiger partial charge on any atom is -0.375 e. The number of benzene rings is 2. The van der Waals surface area contributed by atoms with Crippen molar-refractivity contribution in [2.45, 2.75) is 0 Å². The highest BCUT2D eigenvalue weighted by atomic mass is 32.1. The lowest BCUT2D eigenvalue weighted by atomic mass is 10.1. The lowest BCUT2D eigenvalue weighted by Gasteiger charge is -2.00. The average Bonchev–Trinajstić information content (AvgIpc) is 3.00. The van der Waals surface area contributed by atoms with Gasteiger partial charge in [0.15, 0.2) is 5.11 Å². The third-order valence-electron chi connectivity index (χ3n) is 3.26. The molecule has 3 aromatic rings. The third-order valence-corrected chi connectivity index (χ3v) is 3.35. The Morgan fingerprint density at radius 2 is 1.88 bits per heavy atom. The van der Waals surface area contributed by atoms with Crippen molar-refractivity contribution in [2.24, 2.45) is 10.8 Å². The molecule has 0 aliphatic carbocycles. The second-order valence-corrected chi connectivity index (χ2v) is 5.39. The Morgan fingerprint density at radius 1 is 1.17 bits per heavy atom. The summed E-state index contributed by atoms with van der Waals surface area (Å²) >= 11 is 4.72. The van der Waals surface area contributed by atoms with Gasteiger partial charge in [-0.05, 0) is 48.6 Å². The van der Waals surface area contributed by atoms with Crippen LogP contribution in [0.1, 0.15) is 5.56 Å². The molecule has 0 radical (unpaired) electrons. The molecule has 0 amide bonds. The molecule has 7 heteroatoms. The first kappa shape index (κ1) is 15.8. The van der Waals surface area contributed by atoms with Crippen LogP contribution in [0.3, 0.4) is 0 Å². The quantitative estimate of drug-likeness (QED) is 0.436. The van der Waals surface area contributed by atoms with E-state index < -0.39 is 0 Å². The third kappa shape index (κ3) is 3.64. The van der Waals surface area contributed by atoms with Crippen molar-refractivity contribution < 1.29 is 4.39 Å². The second kappa shape index (κ2) is 7.01. The van der Waals surface area contributed by atoms with Crippen molar-refractivity contribution in [3.05, 3.63) is 72.2 Å².